The topological polar surface area (TPSA) is 51.1 Å². The maximum atomic E-state index is 13.0. The minimum Gasteiger partial charge on any atom is -0.314 e. The number of nitrogens with one attached hydrogen (secondary N) is 1. The molecule has 1 fully saturated rings. The van der Waals surface area contributed by atoms with E-state index < -0.39 is 10.0 Å². The first-order chi connectivity index (χ1) is 11.7. The van der Waals surface area contributed by atoms with E-state index in [4.69, 9.17) is 0 Å². The second-order valence-corrected chi connectivity index (χ2v) is 8.10. The number of aromatic nitrogens is 1. The zero-order chi connectivity index (χ0) is 16.6. The number of benzene rings is 2. The molecule has 1 atom stereocenters. The average Bonchev–Trinajstić information content (AvgIpc) is 3.25. The monoisotopic (exact) mass is 340 g/mol. The van der Waals surface area contributed by atoms with E-state index in [1.165, 1.54) is 10.4 Å². The molecule has 2 aromatic carbocycles. The van der Waals surface area contributed by atoms with Gasteiger partial charge in [0, 0.05) is 17.6 Å². The molecule has 0 unspecified atom stereocenters. The van der Waals surface area contributed by atoms with Gasteiger partial charge in [0.1, 0.15) is 0 Å². The molecule has 4 nitrogen and oxygen atoms in total. The molecule has 0 amide bonds. The number of fused-ring (bicyclic) bond motifs is 1. The Morgan fingerprint density at radius 2 is 1.79 bits per heavy atom. The normalized spacial score (nSPS) is 18.2. The van der Waals surface area contributed by atoms with Crippen molar-refractivity contribution in [2.24, 2.45) is 0 Å². The fourth-order valence-corrected chi connectivity index (χ4v) is 4.89. The van der Waals surface area contributed by atoms with E-state index in [1.54, 1.807) is 30.5 Å². The molecule has 24 heavy (non-hydrogen) atoms. The van der Waals surface area contributed by atoms with Crippen LogP contribution >= 0.6 is 0 Å². The summed E-state index contributed by atoms with van der Waals surface area (Å²) in [6, 6.07) is 16.8. The minimum atomic E-state index is -3.58. The molecule has 0 saturated carbocycles. The van der Waals surface area contributed by atoms with Crippen molar-refractivity contribution in [3.05, 3.63) is 66.4 Å². The van der Waals surface area contributed by atoms with Crippen LogP contribution < -0.4 is 5.32 Å². The molecular weight excluding hydrogens is 320 g/mol. The van der Waals surface area contributed by atoms with Gasteiger partial charge in [-0.25, -0.2) is 12.4 Å². The van der Waals surface area contributed by atoms with Crippen molar-refractivity contribution in [3.63, 3.8) is 0 Å². The highest BCUT2D eigenvalue weighted by Crippen LogP contribution is 2.27. The summed E-state index contributed by atoms with van der Waals surface area (Å²) in [6.45, 7) is 1.05. The van der Waals surface area contributed by atoms with E-state index in [1.807, 2.05) is 30.3 Å². The van der Waals surface area contributed by atoms with Crippen molar-refractivity contribution in [2.75, 3.05) is 6.54 Å². The first-order valence-electron chi connectivity index (χ1n) is 8.29. The van der Waals surface area contributed by atoms with Gasteiger partial charge >= 0.3 is 0 Å². The van der Waals surface area contributed by atoms with E-state index in [9.17, 15) is 8.42 Å². The predicted molar refractivity (Wildman–Crippen MR) is 95.7 cm³/mol. The van der Waals surface area contributed by atoms with E-state index in [2.05, 4.69) is 5.32 Å². The van der Waals surface area contributed by atoms with Gasteiger partial charge in [-0.1, -0.05) is 36.4 Å². The molecule has 4 rings (SSSR count). The molecule has 0 radical (unpaired) electrons. The smallest absolute Gasteiger partial charge is 0.268 e. The largest absolute Gasteiger partial charge is 0.314 e. The molecule has 0 aliphatic carbocycles. The lowest BCUT2D eigenvalue weighted by Crippen LogP contribution is -2.23. The third kappa shape index (κ3) is 2.64. The number of rotatable bonds is 4. The molecule has 1 saturated heterocycles. The van der Waals surface area contributed by atoms with Gasteiger partial charge in [-0.15, -0.1) is 0 Å². The van der Waals surface area contributed by atoms with Crippen molar-refractivity contribution < 1.29 is 8.42 Å². The van der Waals surface area contributed by atoms with Gasteiger partial charge < -0.3 is 5.32 Å². The Morgan fingerprint density at radius 1 is 1.04 bits per heavy atom. The molecule has 124 valence electrons. The van der Waals surface area contributed by atoms with Crippen LogP contribution in [0.1, 0.15) is 18.4 Å². The van der Waals surface area contributed by atoms with Gasteiger partial charge in [0.05, 0.1) is 10.4 Å². The molecule has 5 heteroatoms. The Labute approximate surface area is 142 Å². The van der Waals surface area contributed by atoms with Gasteiger partial charge in [0.15, 0.2) is 0 Å². The summed E-state index contributed by atoms with van der Waals surface area (Å²) in [5.74, 6) is 0. The standard InChI is InChI=1S/C19H20N2O2S/c22-24(23,17-8-2-1-3-9-17)21-14-15(13-16-7-6-12-20-16)18-10-4-5-11-19(18)21/h1-5,8-11,14,16,20H,6-7,12-13H2/t16-/m0/s1. The van der Waals surface area contributed by atoms with Crippen molar-refractivity contribution in [1.82, 2.24) is 9.29 Å². The lowest BCUT2D eigenvalue weighted by atomic mass is 10.0. The van der Waals surface area contributed by atoms with Gasteiger partial charge in [-0.05, 0) is 49.6 Å². The Balaban J connectivity index is 1.84. The fraction of sp³-hybridized carbons (Fsp3) is 0.263. The van der Waals surface area contributed by atoms with E-state index >= 15 is 0 Å². The summed E-state index contributed by atoms with van der Waals surface area (Å²) >= 11 is 0. The van der Waals surface area contributed by atoms with Crippen LogP contribution in [-0.4, -0.2) is 25.0 Å². The van der Waals surface area contributed by atoms with Gasteiger partial charge in [-0.2, -0.15) is 0 Å². The third-order valence-electron chi connectivity index (χ3n) is 4.69. The van der Waals surface area contributed by atoms with Crippen LogP contribution in [0.2, 0.25) is 0 Å². The van der Waals surface area contributed by atoms with E-state index in [-0.39, 0.29) is 0 Å². The number of para-hydroxylation sites is 1. The highest BCUT2D eigenvalue weighted by Gasteiger charge is 2.23. The van der Waals surface area contributed by atoms with Gasteiger partial charge in [0.25, 0.3) is 10.0 Å². The van der Waals surface area contributed by atoms with Crippen molar-refractivity contribution in [3.8, 4) is 0 Å². The fourth-order valence-electron chi connectivity index (χ4n) is 3.48. The highest BCUT2D eigenvalue weighted by atomic mass is 32.2. The Kier molecular flexibility index (Phi) is 3.90. The molecule has 1 aromatic heterocycles. The highest BCUT2D eigenvalue weighted by molar-refractivity contribution is 7.90. The summed E-state index contributed by atoms with van der Waals surface area (Å²) in [7, 11) is -3.58. The summed E-state index contributed by atoms with van der Waals surface area (Å²) in [4.78, 5) is 0.316. The first kappa shape index (κ1) is 15.4. The second kappa shape index (κ2) is 6.07. The molecular formula is C19H20N2O2S. The maximum Gasteiger partial charge on any atom is 0.268 e. The quantitative estimate of drug-likeness (QED) is 0.794. The molecule has 0 spiro atoms. The van der Waals surface area contributed by atoms with Crippen LogP contribution in [-0.2, 0) is 16.4 Å². The van der Waals surface area contributed by atoms with Crippen LogP contribution in [0.15, 0.2) is 65.7 Å². The Morgan fingerprint density at radius 3 is 2.54 bits per heavy atom. The van der Waals surface area contributed by atoms with Gasteiger partial charge in [0.2, 0.25) is 0 Å². The van der Waals surface area contributed by atoms with E-state index in [0.29, 0.717) is 10.9 Å². The molecule has 1 aliphatic heterocycles. The molecule has 0 bridgehead atoms. The third-order valence-corrected chi connectivity index (χ3v) is 6.38. The second-order valence-electron chi connectivity index (χ2n) is 6.28. The van der Waals surface area contributed by atoms with Crippen LogP contribution in [0.3, 0.4) is 0 Å². The first-order valence-corrected chi connectivity index (χ1v) is 9.73. The Hall–Kier alpha value is -2.11. The van der Waals surface area contributed by atoms with Gasteiger partial charge in [-0.3, -0.25) is 0 Å². The lowest BCUT2D eigenvalue weighted by Gasteiger charge is -2.08. The van der Waals surface area contributed by atoms with Crippen LogP contribution in [0.5, 0.6) is 0 Å². The lowest BCUT2D eigenvalue weighted by molar-refractivity contribution is 0.587. The SMILES string of the molecule is O=S(=O)(c1ccccc1)n1cc(C[C@@H]2CCCN2)c2ccccc21. The average molecular weight is 340 g/mol. The summed E-state index contributed by atoms with van der Waals surface area (Å²) in [5.41, 5.74) is 1.83. The predicted octanol–water partition coefficient (Wildman–Crippen LogP) is 3.17. The van der Waals surface area contributed by atoms with Crippen LogP contribution in [0.4, 0.5) is 0 Å². The molecule has 3 aromatic rings. The number of hydrogen-bond acceptors (Lipinski definition) is 3. The summed E-state index contributed by atoms with van der Waals surface area (Å²) < 4.78 is 27.5. The summed E-state index contributed by atoms with van der Waals surface area (Å²) in [6.07, 6.45) is 4.99. The van der Waals surface area contributed by atoms with E-state index in [0.717, 1.165) is 35.9 Å². The zero-order valence-corrected chi connectivity index (χ0v) is 14.2. The number of nitrogens with zero attached hydrogens (tertiary/aromatic N) is 1. The van der Waals surface area contributed by atoms with Crippen molar-refractivity contribution in [1.29, 1.82) is 0 Å². The minimum absolute atomic E-state index is 0.316. The van der Waals surface area contributed by atoms with Crippen LogP contribution in [0.25, 0.3) is 10.9 Å². The molecule has 2 heterocycles. The van der Waals surface area contributed by atoms with Crippen molar-refractivity contribution >= 4 is 20.9 Å². The van der Waals surface area contributed by atoms with Crippen molar-refractivity contribution in [2.45, 2.75) is 30.2 Å². The van der Waals surface area contributed by atoms with Crippen LogP contribution in [0, 0.1) is 0 Å². The number of hydrogen-bond donors (Lipinski definition) is 1. The molecule has 1 aliphatic rings. The summed E-state index contributed by atoms with van der Waals surface area (Å²) in [5, 5.41) is 4.51. The molecule has 1 N–H and O–H groups in total. The maximum absolute atomic E-state index is 13.0. The Bertz CT molecular complexity index is 955. The zero-order valence-electron chi connectivity index (χ0n) is 13.4.